The summed E-state index contributed by atoms with van der Waals surface area (Å²) in [6, 6.07) is 7.46. The van der Waals surface area contributed by atoms with Crippen molar-refractivity contribution >= 4 is 10.9 Å². The van der Waals surface area contributed by atoms with Crippen molar-refractivity contribution < 1.29 is 14.4 Å². The van der Waals surface area contributed by atoms with Crippen LogP contribution in [0.2, 0.25) is 0 Å². The van der Waals surface area contributed by atoms with Gasteiger partial charge in [0, 0.05) is 13.2 Å². The van der Waals surface area contributed by atoms with Crippen molar-refractivity contribution in [2.75, 3.05) is 33.9 Å². The van der Waals surface area contributed by atoms with Crippen molar-refractivity contribution in [2.45, 2.75) is 38.3 Å². The van der Waals surface area contributed by atoms with E-state index in [-0.39, 0.29) is 11.6 Å². The molecule has 2 N–H and O–H groups in total. The zero-order valence-corrected chi connectivity index (χ0v) is 17.6. The second kappa shape index (κ2) is 9.36. The lowest BCUT2D eigenvalue weighted by Gasteiger charge is -2.26. The molecule has 1 aliphatic heterocycles. The fourth-order valence-electron chi connectivity index (χ4n) is 4.31. The Morgan fingerprint density at radius 3 is 2.70 bits per heavy atom. The first-order chi connectivity index (χ1) is 14.7. The van der Waals surface area contributed by atoms with Gasteiger partial charge in [0.25, 0.3) is 5.56 Å². The Morgan fingerprint density at radius 1 is 1.17 bits per heavy atom. The lowest BCUT2D eigenvalue weighted by molar-refractivity contribution is -0.925. The predicted octanol–water partition coefficient (Wildman–Crippen LogP) is 0.718. The van der Waals surface area contributed by atoms with Crippen molar-refractivity contribution in [1.29, 1.82) is 0 Å². The molecule has 1 atom stereocenters. The van der Waals surface area contributed by atoms with Gasteiger partial charge in [0.15, 0.2) is 6.04 Å². The molecule has 0 radical (unpaired) electrons. The second-order valence-electron chi connectivity index (χ2n) is 7.77. The Balaban J connectivity index is 1.82. The summed E-state index contributed by atoms with van der Waals surface area (Å²) in [7, 11) is 3.27. The van der Waals surface area contributed by atoms with Gasteiger partial charge in [-0.1, -0.05) is 0 Å². The van der Waals surface area contributed by atoms with Crippen LogP contribution in [-0.4, -0.2) is 59.1 Å². The number of aromatic nitrogens is 5. The highest BCUT2D eigenvalue weighted by molar-refractivity contribution is 5.80. The zero-order chi connectivity index (χ0) is 20.9. The zero-order valence-electron chi connectivity index (χ0n) is 17.6. The average molecular weight is 414 g/mol. The Hall–Kier alpha value is -2.78. The van der Waals surface area contributed by atoms with E-state index in [1.165, 1.54) is 17.7 Å². The van der Waals surface area contributed by atoms with Gasteiger partial charge in [0.2, 0.25) is 5.82 Å². The van der Waals surface area contributed by atoms with Crippen LogP contribution >= 0.6 is 0 Å². The number of tetrazole rings is 1. The molecule has 1 aromatic carbocycles. The molecule has 3 heterocycles. The highest BCUT2D eigenvalue weighted by Gasteiger charge is 2.34. The molecule has 0 aliphatic carbocycles. The van der Waals surface area contributed by atoms with Gasteiger partial charge >= 0.3 is 0 Å². The highest BCUT2D eigenvalue weighted by Crippen LogP contribution is 2.22. The minimum absolute atomic E-state index is 0.112. The number of ether oxygens (including phenoxy) is 2. The number of methoxy groups -OCH3 is 2. The van der Waals surface area contributed by atoms with Crippen LogP contribution in [0.3, 0.4) is 0 Å². The molecule has 0 bridgehead atoms. The van der Waals surface area contributed by atoms with Crippen molar-refractivity contribution in [2.24, 2.45) is 0 Å². The number of nitrogens with one attached hydrogen (secondary N) is 2. The number of pyridine rings is 1. The summed E-state index contributed by atoms with van der Waals surface area (Å²) in [5.74, 6) is 1.42. The van der Waals surface area contributed by atoms with E-state index in [0.717, 1.165) is 36.8 Å². The first-order valence-electron chi connectivity index (χ1n) is 10.5. The molecule has 9 nitrogen and oxygen atoms in total. The number of quaternary nitrogens is 1. The van der Waals surface area contributed by atoms with Gasteiger partial charge in [-0.15, -0.1) is 5.10 Å². The summed E-state index contributed by atoms with van der Waals surface area (Å²) in [6.45, 7) is 3.03. The van der Waals surface area contributed by atoms with E-state index in [4.69, 9.17) is 9.47 Å². The van der Waals surface area contributed by atoms with E-state index in [2.05, 4.69) is 20.5 Å². The molecule has 0 saturated carbocycles. The van der Waals surface area contributed by atoms with Crippen LogP contribution in [-0.2, 0) is 11.3 Å². The van der Waals surface area contributed by atoms with Crippen LogP contribution in [0.4, 0.5) is 0 Å². The molecule has 160 valence electrons. The third kappa shape index (κ3) is 4.22. The first-order valence-corrected chi connectivity index (χ1v) is 10.5. The lowest BCUT2D eigenvalue weighted by Crippen LogP contribution is -3.12. The van der Waals surface area contributed by atoms with Gasteiger partial charge < -0.3 is 19.4 Å². The number of hydrogen-bond acceptors (Lipinski definition) is 6. The number of benzene rings is 1. The number of fused-ring (bicyclic) bond motifs is 1. The maximum Gasteiger partial charge on any atom is 0.258 e. The van der Waals surface area contributed by atoms with Crippen LogP contribution in [0.1, 0.15) is 43.1 Å². The maximum absolute atomic E-state index is 13.2. The van der Waals surface area contributed by atoms with E-state index in [1.54, 1.807) is 18.9 Å². The van der Waals surface area contributed by atoms with Crippen LogP contribution in [0.5, 0.6) is 5.75 Å². The summed E-state index contributed by atoms with van der Waals surface area (Å²) in [5, 5.41) is 13.4. The summed E-state index contributed by atoms with van der Waals surface area (Å²) in [6.07, 6.45) is 4.71. The summed E-state index contributed by atoms with van der Waals surface area (Å²) in [5.41, 5.74) is 1.34. The number of H-pyrrole nitrogens is 1. The molecule has 0 spiro atoms. The van der Waals surface area contributed by atoms with E-state index < -0.39 is 0 Å². The summed E-state index contributed by atoms with van der Waals surface area (Å²) >= 11 is 0. The van der Waals surface area contributed by atoms with E-state index in [1.807, 2.05) is 24.3 Å². The molecule has 2 aromatic heterocycles. The number of likely N-dealkylation sites (tertiary alicyclic amines) is 1. The molecular weight excluding hydrogens is 384 g/mol. The molecule has 3 aromatic rings. The molecule has 1 saturated heterocycles. The molecule has 30 heavy (non-hydrogen) atoms. The second-order valence-corrected chi connectivity index (χ2v) is 7.77. The van der Waals surface area contributed by atoms with Crippen molar-refractivity contribution in [3.05, 3.63) is 46.0 Å². The van der Waals surface area contributed by atoms with Crippen LogP contribution in [0, 0.1) is 0 Å². The Morgan fingerprint density at radius 2 is 1.97 bits per heavy atom. The van der Waals surface area contributed by atoms with Crippen LogP contribution in [0.25, 0.3) is 10.9 Å². The monoisotopic (exact) mass is 413 g/mol. The standard InChI is InChI=1S/C21H28N6O3/c1-29-12-11-27-20(23-24-25-27)19(26-9-5-3-4-6-10-26)17-13-15-7-8-16(30-2)14-18(15)22-21(17)28/h7-8,13-14,19H,3-6,9-12H2,1-2H3,(H,22,28)/p+1/t19-/m1/s1. The molecule has 1 aliphatic rings. The fourth-order valence-corrected chi connectivity index (χ4v) is 4.31. The SMILES string of the molecule is COCCn1nnnc1[C@@H](c1cc2ccc(OC)cc2[nH]c1=O)[NH+]1CCCCCC1. The first kappa shape index (κ1) is 20.5. The molecule has 1 fully saturated rings. The average Bonchev–Trinajstić information content (AvgIpc) is 3.05. The number of rotatable bonds is 7. The quantitative estimate of drug-likeness (QED) is 0.592. The minimum Gasteiger partial charge on any atom is -0.497 e. The Kier molecular flexibility index (Phi) is 6.39. The molecule has 9 heteroatoms. The number of hydrogen-bond donors (Lipinski definition) is 2. The number of aromatic amines is 1. The van der Waals surface area contributed by atoms with Crippen LogP contribution in [0.15, 0.2) is 29.1 Å². The summed E-state index contributed by atoms with van der Waals surface area (Å²) in [4.78, 5) is 17.6. The Bertz CT molecular complexity index is 1040. The number of nitrogens with zero attached hydrogens (tertiary/aromatic N) is 4. The van der Waals surface area contributed by atoms with Crippen molar-refractivity contribution in [1.82, 2.24) is 25.2 Å². The predicted molar refractivity (Wildman–Crippen MR) is 112 cm³/mol. The van der Waals surface area contributed by atoms with Crippen molar-refractivity contribution in [3.8, 4) is 5.75 Å². The Labute approximate surface area is 175 Å². The minimum atomic E-state index is -0.231. The van der Waals surface area contributed by atoms with Gasteiger partial charge in [0.1, 0.15) is 5.75 Å². The van der Waals surface area contributed by atoms with Gasteiger partial charge in [0.05, 0.1) is 44.4 Å². The van der Waals surface area contributed by atoms with E-state index in [9.17, 15) is 4.79 Å². The van der Waals surface area contributed by atoms with Crippen LogP contribution < -0.4 is 15.2 Å². The normalized spacial score (nSPS) is 16.5. The molecule has 0 amide bonds. The van der Waals surface area contributed by atoms with Gasteiger partial charge in [-0.25, -0.2) is 4.68 Å². The molecule has 4 rings (SSSR count). The lowest BCUT2D eigenvalue weighted by atomic mass is 10.0. The van der Waals surface area contributed by atoms with E-state index >= 15 is 0 Å². The summed E-state index contributed by atoms with van der Waals surface area (Å²) < 4.78 is 12.3. The highest BCUT2D eigenvalue weighted by atomic mass is 16.5. The maximum atomic E-state index is 13.2. The molecule has 0 unspecified atom stereocenters. The topological polar surface area (TPSA) is 99.4 Å². The van der Waals surface area contributed by atoms with Gasteiger partial charge in [-0.05, 0) is 59.7 Å². The largest absolute Gasteiger partial charge is 0.497 e. The third-order valence-electron chi connectivity index (χ3n) is 5.87. The third-order valence-corrected chi connectivity index (χ3v) is 5.87. The smallest absolute Gasteiger partial charge is 0.258 e. The van der Waals surface area contributed by atoms with Crippen molar-refractivity contribution in [3.63, 3.8) is 0 Å². The van der Waals surface area contributed by atoms with E-state index in [0.29, 0.717) is 30.3 Å². The fraction of sp³-hybridized carbons (Fsp3) is 0.524. The van der Waals surface area contributed by atoms with Gasteiger partial charge in [-0.3, -0.25) is 4.79 Å². The van der Waals surface area contributed by atoms with Gasteiger partial charge in [-0.2, -0.15) is 0 Å². The molecular formula is C21H29N6O3+.